The second-order valence-corrected chi connectivity index (χ2v) is 7.27. The van der Waals surface area contributed by atoms with Crippen LogP contribution >= 0.6 is 0 Å². The maximum absolute atomic E-state index is 11.7. The smallest absolute Gasteiger partial charge is 0.225 e. The minimum absolute atomic E-state index is 0.0669. The Kier molecular flexibility index (Phi) is 4.05. The Morgan fingerprint density at radius 1 is 1.26 bits per heavy atom. The Hall–Kier alpha value is -1.21. The van der Waals surface area contributed by atoms with Crippen LogP contribution in [0.1, 0.15) is 20.8 Å². The lowest BCUT2D eigenvalue weighted by Gasteiger charge is -2.36. The molecule has 7 heteroatoms. The van der Waals surface area contributed by atoms with Crippen LogP contribution in [-0.4, -0.2) is 49.3 Å². The number of piperazine rings is 1. The number of sulfone groups is 1. The van der Waals surface area contributed by atoms with Gasteiger partial charge in [0.1, 0.15) is 4.90 Å². The second-order valence-electron chi connectivity index (χ2n) is 5.00. The van der Waals surface area contributed by atoms with Gasteiger partial charge in [-0.05, 0) is 13.8 Å². The molecule has 1 aliphatic rings. The third-order valence-electron chi connectivity index (χ3n) is 3.19. The molecule has 0 bridgehead atoms. The van der Waals surface area contributed by atoms with E-state index in [1.54, 1.807) is 6.92 Å². The summed E-state index contributed by atoms with van der Waals surface area (Å²) in [4.78, 5) is 10.7. The number of hydrogen-bond donors (Lipinski definition) is 1. The van der Waals surface area contributed by atoms with Gasteiger partial charge in [-0.3, -0.25) is 0 Å². The number of aromatic nitrogens is 2. The van der Waals surface area contributed by atoms with Crippen LogP contribution in [-0.2, 0) is 9.84 Å². The van der Waals surface area contributed by atoms with Crippen molar-refractivity contribution in [1.82, 2.24) is 15.3 Å². The Bertz CT molecular complexity index is 519. The zero-order valence-corrected chi connectivity index (χ0v) is 12.3. The molecule has 2 atom stereocenters. The third kappa shape index (κ3) is 3.22. The molecule has 0 radical (unpaired) electrons. The van der Waals surface area contributed by atoms with Gasteiger partial charge < -0.3 is 10.2 Å². The van der Waals surface area contributed by atoms with E-state index in [1.165, 1.54) is 12.4 Å². The van der Waals surface area contributed by atoms with Crippen molar-refractivity contribution in [3.05, 3.63) is 12.4 Å². The summed E-state index contributed by atoms with van der Waals surface area (Å²) in [6.07, 6.45) is 2.80. The molecule has 2 rings (SSSR count). The van der Waals surface area contributed by atoms with Crippen LogP contribution in [0.4, 0.5) is 5.95 Å². The minimum Gasteiger partial charge on any atom is -0.338 e. The minimum atomic E-state index is -3.22. The van der Waals surface area contributed by atoms with Crippen molar-refractivity contribution in [3.63, 3.8) is 0 Å². The Morgan fingerprint density at radius 2 is 1.79 bits per heavy atom. The monoisotopic (exact) mass is 284 g/mol. The van der Waals surface area contributed by atoms with Crippen molar-refractivity contribution >= 4 is 15.8 Å². The second kappa shape index (κ2) is 5.42. The molecule has 106 valence electrons. The molecular formula is C12H20N4O2S. The van der Waals surface area contributed by atoms with E-state index < -0.39 is 9.84 Å². The quantitative estimate of drug-likeness (QED) is 0.869. The first kappa shape index (κ1) is 14.2. The Morgan fingerprint density at radius 3 is 2.26 bits per heavy atom. The summed E-state index contributed by atoms with van der Waals surface area (Å²) in [5.41, 5.74) is 0. The molecule has 0 aliphatic carbocycles. The van der Waals surface area contributed by atoms with Crippen LogP contribution in [0.5, 0.6) is 0 Å². The van der Waals surface area contributed by atoms with E-state index in [9.17, 15) is 8.42 Å². The predicted octanol–water partition coefficient (Wildman–Crippen LogP) is 0.457. The van der Waals surface area contributed by atoms with Crippen molar-refractivity contribution in [2.45, 2.75) is 37.8 Å². The largest absolute Gasteiger partial charge is 0.338 e. The molecule has 1 aromatic heterocycles. The van der Waals surface area contributed by atoms with Gasteiger partial charge >= 0.3 is 0 Å². The molecule has 1 N–H and O–H groups in total. The lowest BCUT2D eigenvalue weighted by Crippen LogP contribution is -2.54. The summed E-state index contributed by atoms with van der Waals surface area (Å²) < 4.78 is 23.4. The Balaban J connectivity index is 2.19. The molecule has 1 fully saturated rings. The van der Waals surface area contributed by atoms with Gasteiger partial charge in [0.2, 0.25) is 5.95 Å². The third-order valence-corrected chi connectivity index (χ3v) is 4.88. The number of anilines is 1. The Labute approximate surface area is 114 Å². The van der Waals surface area contributed by atoms with E-state index in [2.05, 4.69) is 34.0 Å². The molecule has 0 saturated carbocycles. The standard InChI is InChI=1S/C12H20N4O2S/c1-4-19(17,18)11-5-13-12(14-6-11)16-7-9(2)15-10(3)8-16/h5-6,9-10,15H,4,7-8H2,1-3H3/t9-,10-/m1/s1. The van der Waals surface area contributed by atoms with Crippen LogP contribution in [0.25, 0.3) is 0 Å². The van der Waals surface area contributed by atoms with E-state index in [-0.39, 0.29) is 10.6 Å². The van der Waals surface area contributed by atoms with Gasteiger partial charge in [0, 0.05) is 25.2 Å². The van der Waals surface area contributed by atoms with E-state index in [4.69, 9.17) is 0 Å². The van der Waals surface area contributed by atoms with E-state index in [1.807, 2.05) is 0 Å². The normalized spacial score (nSPS) is 24.5. The number of nitrogens with one attached hydrogen (secondary N) is 1. The summed E-state index contributed by atoms with van der Waals surface area (Å²) in [7, 11) is -3.22. The zero-order valence-electron chi connectivity index (χ0n) is 11.5. The summed E-state index contributed by atoms with van der Waals surface area (Å²) in [5.74, 6) is 0.660. The molecule has 19 heavy (non-hydrogen) atoms. The number of rotatable bonds is 3. The molecule has 1 aliphatic heterocycles. The van der Waals surface area contributed by atoms with Gasteiger partial charge in [0.15, 0.2) is 9.84 Å². The molecule has 2 heterocycles. The van der Waals surface area contributed by atoms with Gasteiger partial charge in [-0.2, -0.15) is 0 Å². The molecule has 0 amide bonds. The number of nitrogens with zero attached hydrogens (tertiary/aromatic N) is 3. The van der Waals surface area contributed by atoms with E-state index >= 15 is 0 Å². The average Bonchev–Trinajstić information content (AvgIpc) is 2.38. The highest BCUT2D eigenvalue weighted by molar-refractivity contribution is 7.91. The fourth-order valence-electron chi connectivity index (χ4n) is 2.29. The van der Waals surface area contributed by atoms with Gasteiger partial charge in [-0.1, -0.05) is 6.92 Å². The van der Waals surface area contributed by atoms with Gasteiger partial charge in [-0.25, -0.2) is 18.4 Å². The molecule has 0 aromatic carbocycles. The highest BCUT2D eigenvalue weighted by Gasteiger charge is 2.23. The molecular weight excluding hydrogens is 264 g/mol. The molecule has 1 aromatic rings. The topological polar surface area (TPSA) is 75.2 Å². The maximum atomic E-state index is 11.7. The summed E-state index contributed by atoms with van der Waals surface area (Å²) in [6.45, 7) is 7.48. The highest BCUT2D eigenvalue weighted by atomic mass is 32.2. The molecule has 1 saturated heterocycles. The van der Waals surface area contributed by atoms with Crippen molar-refractivity contribution in [2.24, 2.45) is 0 Å². The van der Waals surface area contributed by atoms with Crippen LogP contribution in [0.15, 0.2) is 17.3 Å². The van der Waals surface area contributed by atoms with Crippen LogP contribution in [0.2, 0.25) is 0 Å². The van der Waals surface area contributed by atoms with Crippen molar-refractivity contribution < 1.29 is 8.42 Å². The SMILES string of the molecule is CCS(=O)(=O)c1cnc(N2C[C@@H](C)N[C@H](C)C2)nc1. The van der Waals surface area contributed by atoms with Crippen LogP contribution in [0, 0.1) is 0 Å². The van der Waals surface area contributed by atoms with Gasteiger partial charge in [0.25, 0.3) is 0 Å². The first-order chi connectivity index (χ1) is 8.92. The molecule has 0 unspecified atom stereocenters. The van der Waals surface area contributed by atoms with Crippen LogP contribution in [0.3, 0.4) is 0 Å². The highest BCUT2D eigenvalue weighted by Crippen LogP contribution is 2.15. The van der Waals surface area contributed by atoms with Gasteiger partial charge in [-0.15, -0.1) is 0 Å². The van der Waals surface area contributed by atoms with Gasteiger partial charge in [0.05, 0.1) is 18.1 Å². The molecule has 6 nitrogen and oxygen atoms in total. The predicted molar refractivity (Wildman–Crippen MR) is 74.0 cm³/mol. The summed E-state index contributed by atoms with van der Waals surface area (Å²) in [5, 5.41) is 3.43. The van der Waals surface area contributed by atoms with E-state index in [0.717, 1.165) is 13.1 Å². The first-order valence-electron chi connectivity index (χ1n) is 6.48. The molecule has 0 spiro atoms. The summed E-state index contributed by atoms with van der Waals surface area (Å²) in [6, 6.07) is 0.734. The van der Waals surface area contributed by atoms with Crippen LogP contribution < -0.4 is 10.2 Å². The lowest BCUT2D eigenvalue weighted by atomic mass is 10.1. The van der Waals surface area contributed by atoms with E-state index in [0.29, 0.717) is 18.0 Å². The average molecular weight is 284 g/mol. The zero-order chi connectivity index (χ0) is 14.0. The van der Waals surface area contributed by atoms with Crippen molar-refractivity contribution in [1.29, 1.82) is 0 Å². The fourth-order valence-corrected chi connectivity index (χ4v) is 3.05. The lowest BCUT2D eigenvalue weighted by molar-refractivity contribution is 0.403. The summed E-state index contributed by atoms with van der Waals surface area (Å²) >= 11 is 0. The maximum Gasteiger partial charge on any atom is 0.225 e. The van der Waals surface area contributed by atoms with Crippen molar-refractivity contribution in [3.8, 4) is 0 Å². The number of hydrogen-bond acceptors (Lipinski definition) is 6. The fraction of sp³-hybridized carbons (Fsp3) is 0.667. The van der Waals surface area contributed by atoms with Crippen molar-refractivity contribution in [2.75, 3.05) is 23.7 Å². The first-order valence-corrected chi connectivity index (χ1v) is 8.13.